The number of nitrogens with one attached hydrogen (secondary N) is 1. The summed E-state index contributed by atoms with van der Waals surface area (Å²) < 4.78 is 45.4. The molecule has 0 aliphatic carbocycles. The van der Waals surface area contributed by atoms with Gasteiger partial charge in [0, 0.05) is 37.8 Å². The summed E-state index contributed by atoms with van der Waals surface area (Å²) in [6, 6.07) is 2.84. The average molecular weight is 274 g/mol. The molecule has 1 aliphatic rings. The Morgan fingerprint density at radius 2 is 1.95 bits per heavy atom. The van der Waals surface area contributed by atoms with E-state index in [0.717, 1.165) is 6.07 Å². The van der Waals surface area contributed by atoms with Crippen LogP contribution in [-0.2, 0) is 0 Å². The van der Waals surface area contributed by atoms with Crippen LogP contribution in [0.5, 0.6) is 5.75 Å². The van der Waals surface area contributed by atoms with Crippen LogP contribution in [0.2, 0.25) is 0 Å². The van der Waals surface area contributed by atoms with E-state index >= 15 is 0 Å². The molecule has 0 amide bonds. The van der Waals surface area contributed by atoms with Gasteiger partial charge in [0.15, 0.2) is 0 Å². The number of ether oxygens (including phenoxy) is 1. The summed E-state index contributed by atoms with van der Waals surface area (Å²) in [5, 5.41) is 3.09. The fourth-order valence-corrected chi connectivity index (χ4v) is 2.33. The van der Waals surface area contributed by atoms with Crippen molar-refractivity contribution in [2.45, 2.75) is 12.5 Å². The van der Waals surface area contributed by atoms with Crippen LogP contribution in [0.3, 0.4) is 0 Å². The molecule has 3 nitrogen and oxygen atoms in total. The van der Waals surface area contributed by atoms with Crippen LogP contribution in [-0.4, -0.2) is 44.6 Å². The highest BCUT2D eigenvalue weighted by Crippen LogP contribution is 2.31. The predicted molar refractivity (Wildman–Crippen MR) is 66.1 cm³/mol. The van der Waals surface area contributed by atoms with Crippen LogP contribution in [0.4, 0.5) is 13.2 Å². The van der Waals surface area contributed by atoms with E-state index in [9.17, 15) is 13.2 Å². The molecule has 0 bridgehead atoms. The van der Waals surface area contributed by atoms with E-state index < -0.39 is 18.3 Å². The summed E-state index contributed by atoms with van der Waals surface area (Å²) in [7, 11) is 1.41. The van der Waals surface area contributed by atoms with Crippen molar-refractivity contribution in [3.05, 3.63) is 29.6 Å². The van der Waals surface area contributed by atoms with Gasteiger partial charge in [-0.2, -0.15) is 0 Å². The lowest BCUT2D eigenvalue weighted by atomic mass is 10.0. The molecule has 19 heavy (non-hydrogen) atoms. The third-order valence-corrected chi connectivity index (χ3v) is 3.31. The van der Waals surface area contributed by atoms with E-state index in [4.69, 9.17) is 4.74 Å². The maximum Gasteiger partial charge on any atom is 0.258 e. The zero-order valence-electron chi connectivity index (χ0n) is 10.7. The maximum atomic E-state index is 13.9. The largest absolute Gasteiger partial charge is 0.497 e. The third-order valence-electron chi connectivity index (χ3n) is 3.31. The van der Waals surface area contributed by atoms with E-state index in [1.807, 2.05) is 0 Å². The fraction of sp³-hybridized carbons (Fsp3) is 0.538. The van der Waals surface area contributed by atoms with Crippen molar-refractivity contribution >= 4 is 0 Å². The summed E-state index contributed by atoms with van der Waals surface area (Å²) in [5.41, 5.74) is 0.0256. The van der Waals surface area contributed by atoms with Crippen molar-refractivity contribution in [2.24, 2.45) is 0 Å². The number of halogens is 3. The zero-order chi connectivity index (χ0) is 13.8. The van der Waals surface area contributed by atoms with Gasteiger partial charge in [-0.1, -0.05) is 6.07 Å². The molecule has 0 aromatic heterocycles. The first-order valence-corrected chi connectivity index (χ1v) is 6.20. The maximum absolute atomic E-state index is 13.9. The SMILES string of the molecule is COc1ccc([C@@H](C(F)F)N2CCNCC2)c(F)c1. The molecule has 2 rings (SSSR count). The Hall–Kier alpha value is -1.27. The minimum absolute atomic E-state index is 0.0256. The first-order valence-electron chi connectivity index (χ1n) is 6.20. The minimum atomic E-state index is -2.62. The van der Waals surface area contributed by atoms with Gasteiger partial charge in [0.1, 0.15) is 11.6 Å². The van der Waals surface area contributed by atoms with Gasteiger partial charge in [-0.05, 0) is 6.07 Å². The van der Waals surface area contributed by atoms with Gasteiger partial charge >= 0.3 is 0 Å². The van der Waals surface area contributed by atoms with Crippen molar-refractivity contribution in [2.75, 3.05) is 33.3 Å². The lowest BCUT2D eigenvalue weighted by molar-refractivity contribution is 0.0164. The monoisotopic (exact) mass is 274 g/mol. The lowest BCUT2D eigenvalue weighted by Crippen LogP contribution is -2.47. The molecule has 1 aromatic rings. The van der Waals surface area contributed by atoms with Gasteiger partial charge in [-0.25, -0.2) is 13.2 Å². The number of hydrogen-bond donors (Lipinski definition) is 1. The Morgan fingerprint density at radius 1 is 1.26 bits per heavy atom. The summed E-state index contributed by atoms with van der Waals surface area (Å²) >= 11 is 0. The van der Waals surface area contributed by atoms with Gasteiger partial charge in [0.2, 0.25) is 0 Å². The number of nitrogens with zero attached hydrogens (tertiary/aromatic N) is 1. The number of methoxy groups -OCH3 is 1. The summed E-state index contributed by atoms with van der Waals surface area (Å²) in [6.07, 6.45) is -2.62. The molecular formula is C13H17F3N2O. The first kappa shape index (κ1) is 14.1. The average Bonchev–Trinajstić information content (AvgIpc) is 2.41. The Bertz CT molecular complexity index is 422. The van der Waals surface area contributed by atoms with Crippen LogP contribution in [0.15, 0.2) is 18.2 Å². The second-order valence-corrected chi connectivity index (χ2v) is 4.45. The molecule has 1 atom stereocenters. The second-order valence-electron chi connectivity index (χ2n) is 4.45. The summed E-state index contributed by atoms with van der Waals surface area (Å²) in [5.74, 6) is -0.322. The Morgan fingerprint density at radius 3 is 2.47 bits per heavy atom. The number of piperazine rings is 1. The standard InChI is InChI=1S/C13H17F3N2O/c1-19-9-2-3-10(11(14)8-9)12(13(15)16)18-6-4-17-5-7-18/h2-3,8,12-13,17H,4-7H2,1H3/t12-/m0/s1. The second kappa shape index (κ2) is 6.25. The molecule has 0 unspecified atom stereocenters. The molecular weight excluding hydrogens is 257 g/mol. The van der Waals surface area contributed by atoms with E-state index in [2.05, 4.69) is 5.32 Å². The van der Waals surface area contributed by atoms with E-state index in [-0.39, 0.29) is 5.56 Å². The Kier molecular flexibility index (Phi) is 4.66. The fourth-order valence-electron chi connectivity index (χ4n) is 2.33. The zero-order valence-corrected chi connectivity index (χ0v) is 10.7. The summed E-state index contributed by atoms with van der Waals surface area (Å²) in [4.78, 5) is 1.62. The Labute approximate surface area is 110 Å². The molecule has 0 saturated carbocycles. The highest BCUT2D eigenvalue weighted by molar-refractivity contribution is 5.31. The molecule has 0 spiro atoms. The smallest absolute Gasteiger partial charge is 0.258 e. The third kappa shape index (κ3) is 3.19. The van der Waals surface area contributed by atoms with Crippen LogP contribution < -0.4 is 10.1 Å². The Balaban J connectivity index is 2.27. The number of alkyl halides is 2. The van der Waals surface area contributed by atoms with Crippen molar-refractivity contribution in [1.29, 1.82) is 0 Å². The summed E-state index contributed by atoms with van der Waals surface area (Å²) in [6.45, 7) is 2.25. The molecule has 1 aromatic carbocycles. The van der Waals surface area contributed by atoms with E-state index in [0.29, 0.717) is 31.9 Å². The molecule has 106 valence electrons. The first-order chi connectivity index (χ1) is 9.13. The van der Waals surface area contributed by atoms with E-state index in [1.54, 1.807) is 4.90 Å². The van der Waals surface area contributed by atoms with Crippen LogP contribution in [0.25, 0.3) is 0 Å². The topological polar surface area (TPSA) is 24.5 Å². The highest BCUT2D eigenvalue weighted by atomic mass is 19.3. The van der Waals surface area contributed by atoms with Crippen molar-refractivity contribution in [1.82, 2.24) is 10.2 Å². The lowest BCUT2D eigenvalue weighted by Gasteiger charge is -2.34. The highest BCUT2D eigenvalue weighted by Gasteiger charge is 2.32. The van der Waals surface area contributed by atoms with Crippen molar-refractivity contribution in [3.63, 3.8) is 0 Å². The molecule has 1 fully saturated rings. The number of hydrogen-bond acceptors (Lipinski definition) is 3. The van der Waals surface area contributed by atoms with E-state index in [1.165, 1.54) is 19.2 Å². The van der Waals surface area contributed by atoms with Crippen LogP contribution in [0, 0.1) is 5.82 Å². The predicted octanol–water partition coefficient (Wildman–Crippen LogP) is 2.05. The molecule has 1 saturated heterocycles. The van der Waals surface area contributed by atoms with Crippen molar-refractivity contribution in [3.8, 4) is 5.75 Å². The van der Waals surface area contributed by atoms with Gasteiger partial charge in [0.05, 0.1) is 13.2 Å². The van der Waals surface area contributed by atoms with Gasteiger partial charge in [0.25, 0.3) is 6.43 Å². The minimum Gasteiger partial charge on any atom is -0.497 e. The molecule has 1 N–H and O–H groups in total. The molecule has 6 heteroatoms. The normalized spacial score (nSPS) is 18.6. The molecule has 1 aliphatic heterocycles. The van der Waals surface area contributed by atoms with Crippen LogP contribution >= 0.6 is 0 Å². The number of benzene rings is 1. The van der Waals surface area contributed by atoms with Crippen molar-refractivity contribution < 1.29 is 17.9 Å². The van der Waals surface area contributed by atoms with Gasteiger partial charge in [-0.3, -0.25) is 4.90 Å². The van der Waals surface area contributed by atoms with Crippen LogP contribution in [0.1, 0.15) is 11.6 Å². The number of rotatable bonds is 4. The molecule has 0 radical (unpaired) electrons. The van der Waals surface area contributed by atoms with Gasteiger partial charge < -0.3 is 10.1 Å². The van der Waals surface area contributed by atoms with Gasteiger partial charge in [-0.15, -0.1) is 0 Å². The quantitative estimate of drug-likeness (QED) is 0.909. The molecule has 1 heterocycles.